The molecule has 0 radical (unpaired) electrons. The van der Waals surface area contributed by atoms with Gasteiger partial charge in [-0.15, -0.1) is 11.3 Å². The van der Waals surface area contributed by atoms with E-state index in [4.69, 9.17) is 9.15 Å². The molecule has 0 aliphatic heterocycles. The molecule has 3 aromatic rings. The minimum atomic E-state index is 0.142. The lowest BCUT2D eigenvalue weighted by molar-refractivity contribution is 0.386. The maximum atomic E-state index is 5.38. The van der Waals surface area contributed by atoms with Gasteiger partial charge in [-0.2, -0.15) is 4.98 Å². The maximum absolute atomic E-state index is 5.38. The third kappa shape index (κ3) is 2.24. The van der Waals surface area contributed by atoms with Crippen LogP contribution >= 0.6 is 11.3 Å². The van der Waals surface area contributed by atoms with Crippen molar-refractivity contribution in [1.29, 1.82) is 0 Å². The molecule has 0 unspecified atom stereocenters. The lowest BCUT2D eigenvalue weighted by Crippen LogP contribution is -2.18. The summed E-state index contributed by atoms with van der Waals surface area (Å²) in [6.07, 6.45) is 3.69. The topological polar surface area (TPSA) is 51.7 Å². The van der Waals surface area contributed by atoms with Gasteiger partial charge in [-0.25, -0.2) is 0 Å². The van der Waals surface area contributed by atoms with Gasteiger partial charge >= 0.3 is 0 Å². The standard InChI is InChI=1S/C13H15N3O2S/c1-9(11-4-3-6-18-11)14-8-10-12(17-2)15-13-16(10)5-7-19-13/h3-7,9,14H,8H2,1-2H3/t9-/m1/s1. The number of hydrogen-bond acceptors (Lipinski definition) is 5. The van der Waals surface area contributed by atoms with Crippen LogP contribution < -0.4 is 10.1 Å². The van der Waals surface area contributed by atoms with Gasteiger partial charge in [0.15, 0.2) is 4.96 Å². The molecule has 6 heteroatoms. The predicted molar refractivity (Wildman–Crippen MR) is 73.6 cm³/mol. The quantitative estimate of drug-likeness (QED) is 0.779. The summed E-state index contributed by atoms with van der Waals surface area (Å²) in [6, 6.07) is 4.00. The molecule has 100 valence electrons. The molecule has 0 fully saturated rings. The predicted octanol–water partition coefficient (Wildman–Crippen LogP) is 2.85. The Morgan fingerprint density at radius 3 is 3.21 bits per heavy atom. The molecule has 0 bridgehead atoms. The monoisotopic (exact) mass is 277 g/mol. The van der Waals surface area contributed by atoms with E-state index in [1.165, 1.54) is 0 Å². The number of furan rings is 1. The molecule has 0 saturated heterocycles. The van der Waals surface area contributed by atoms with Crippen LogP contribution in [0.4, 0.5) is 0 Å². The van der Waals surface area contributed by atoms with E-state index in [0.717, 1.165) is 16.4 Å². The molecule has 19 heavy (non-hydrogen) atoms. The average molecular weight is 277 g/mol. The summed E-state index contributed by atoms with van der Waals surface area (Å²) >= 11 is 1.60. The van der Waals surface area contributed by atoms with Crippen molar-refractivity contribution in [3.05, 3.63) is 41.4 Å². The van der Waals surface area contributed by atoms with Gasteiger partial charge in [0.2, 0.25) is 5.88 Å². The highest BCUT2D eigenvalue weighted by Gasteiger charge is 2.15. The molecule has 5 nitrogen and oxygen atoms in total. The first-order valence-electron chi connectivity index (χ1n) is 6.05. The van der Waals surface area contributed by atoms with Crippen LogP contribution in [0, 0.1) is 0 Å². The highest BCUT2D eigenvalue weighted by Crippen LogP contribution is 2.23. The number of hydrogen-bond donors (Lipinski definition) is 1. The van der Waals surface area contributed by atoms with Crippen molar-refractivity contribution < 1.29 is 9.15 Å². The molecule has 1 N–H and O–H groups in total. The number of nitrogens with zero attached hydrogens (tertiary/aromatic N) is 2. The minimum Gasteiger partial charge on any atom is -0.480 e. The Balaban J connectivity index is 1.79. The first-order chi connectivity index (χ1) is 9.29. The summed E-state index contributed by atoms with van der Waals surface area (Å²) in [5.41, 5.74) is 1.03. The summed E-state index contributed by atoms with van der Waals surface area (Å²) in [5.74, 6) is 1.59. The van der Waals surface area contributed by atoms with Crippen LogP contribution in [0.1, 0.15) is 24.4 Å². The number of nitrogens with one attached hydrogen (secondary N) is 1. The number of fused-ring (bicyclic) bond motifs is 1. The van der Waals surface area contributed by atoms with E-state index >= 15 is 0 Å². The number of aromatic nitrogens is 2. The molecular weight excluding hydrogens is 262 g/mol. The molecule has 3 aromatic heterocycles. The smallest absolute Gasteiger partial charge is 0.237 e. The Bertz CT molecular complexity index is 657. The van der Waals surface area contributed by atoms with Crippen LogP contribution in [0.15, 0.2) is 34.4 Å². The second kappa shape index (κ2) is 5.07. The number of imidazole rings is 1. The lowest BCUT2D eigenvalue weighted by Gasteiger charge is -2.11. The van der Waals surface area contributed by atoms with Crippen molar-refractivity contribution in [2.75, 3.05) is 7.11 Å². The van der Waals surface area contributed by atoms with Gasteiger partial charge in [-0.05, 0) is 19.1 Å². The molecule has 0 aromatic carbocycles. The first kappa shape index (κ1) is 12.3. The number of rotatable bonds is 5. The normalized spacial score (nSPS) is 12.9. The molecule has 0 amide bonds. The molecule has 3 rings (SSSR count). The number of ether oxygens (including phenoxy) is 1. The fourth-order valence-corrected chi connectivity index (χ4v) is 2.75. The van der Waals surface area contributed by atoms with Crippen molar-refractivity contribution in [1.82, 2.24) is 14.7 Å². The zero-order valence-corrected chi connectivity index (χ0v) is 11.6. The van der Waals surface area contributed by atoms with Gasteiger partial charge in [0.05, 0.1) is 19.4 Å². The third-order valence-electron chi connectivity index (χ3n) is 3.06. The van der Waals surface area contributed by atoms with E-state index in [-0.39, 0.29) is 6.04 Å². The van der Waals surface area contributed by atoms with E-state index < -0.39 is 0 Å². The summed E-state index contributed by atoms with van der Waals surface area (Å²) in [7, 11) is 1.64. The van der Waals surface area contributed by atoms with E-state index in [2.05, 4.69) is 17.2 Å². The fraction of sp³-hybridized carbons (Fsp3) is 0.308. The van der Waals surface area contributed by atoms with Crippen LogP contribution in [-0.4, -0.2) is 16.5 Å². The van der Waals surface area contributed by atoms with Crippen LogP contribution in [-0.2, 0) is 6.54 Å². The van der Waals surface area contributed by atoms with E-state index in [1.54, 1.807) is 24.7 Å². The molecule has 0 saturated carbocycles. The summed E-state index contributed by atoms with van der Waals surface area (Å²) in [5, 5.41) is 5.43. The van der Waals surface area contributed by atoms with Gasteiger partial charge < -0.3 is 14.5 Å². The molecule has 1 atom stereocenters. The van der Waals surface area contributed by atoms with Gasteiger partial charge in [0.1, 0.15) is 11.5 Å². The second-order valence-electron chi connectivity index (χ2n) is 4.24. The Hall–Kier alpha value is -1.79. The van der Waals surface area contributed by atoms with E-state index in [9.17, 15) is 0 Å². The SMILES string of the molecule is COc1nc2sccn2c1CN[C@H](C)c1ccco1. The van der Waals surface area contributed by atoms with Crippen LogP contribution in [0.25, 0.3) is 4.96 Å². The Morgan fingerprint density at radius 1 is 1.58 bits per heavy atom. The number of methoxy groups -OCH3 is 1. The van der Waals surface area contributed by atoms with Crippen LogP contribution in [0.3, 0.4) is 0 Å². The second-order valence-corrected chi connectivity index (χ2v) is 5.11. The van der Waals surface area contributed by atoms with Crippen molar-refractivity contribution in [3.63, 3.8) is 0 Å². The van der Waals surface area contributed by atoms with E-state index in [1.807, 2.05) is 28.1 Å². The number of thiazole rings is 1. The zero-order chi connectivity index (χ0) is 13.2. The molecule has 0 spiro atoms. The Kier molecular flexibility index (Phi) is 3.27. The van der Waals surface area contributed by atoms with Crippen LogP contribution in [0.5, 0.6) is 5.88 Å². The highest BCUT2D eigenvalue weighted by molar-refractivity contribution is 7.15. The zero-order valence-electron chi connectivity index (χ0n) is 10.8. The molecule has 3 heterocycles. The van der Waals surface area contributed by atoms with Gasteiger partial charge in [0, 0.05) is 18.1 Å². The van der Waals surface area contributed by atoms with Crippen LogP contribution in [0.2, 0.25) is 0 Å². The summed E-state index contributed by atoms with van der Waals surface area (Å²) in [4.78, 5) is 5.37. The average Bonchev–Trinajstić information content (AvgIpc) is 3.12. The summed E-state index contributed by atoms with van der Waals surface area (Å²) < 4.78 is 12.8. The Morgan fingerprint density at radius 2 is 2.47 bits per heavy atom. The van der Waals surface area contributed by atoms with E-state index in [0.29, 0.717) is 12.4 Å². The first-order valence-corrected chi connectivity index (χ1v) is 6.92. The molecule has 0 aliphatic rings. The molecular formula is C13H15N3O2S. The van der Waals surface area contributed by atoms with Crippen molar-refractivity contribution >= 4 is 16.3 Å². The van der Waals surface area contributed by atoms with Gasteiger partial charge in [0.25, 0.3) is 0 Å². The Labute approximate surface area is 114 Å². The molecule has 0 aliphatic carbocycles. The summed E-state index contributed by atoms with van der Waals surface area (Å²) in [6.45, 7) is 2.74. The third-order valence-corrected chi connectivity index (χ3v) is 3.82. The minimum absolute atomic E-state index is 0.142. The highest BCUT2D eigenvalue weighted by atomic mass is 32.1. The van der Waals surface area contributed by atoms with Gasteiger partial charge in [-0.3, -0.25) is 4.40 Å². The van der Waals surface area contributed by atoms with Crippen molar-refractivity contribution in [3.8, 4) is 5.88 Å². The van der Waals surface area contributed by atoms with Crippen molar-refractivity contribution in [2.45, 2.75) is 19.5 Å². The fourth-order valence-electron chi connectivity index (χ4n) is 2.03. The lowest BCUT2D eigenvalue weighted by atomic mass is 10.2. The maximum Gasteiger partial charge on any atom is 0.237 e. The largest absolute Gasteiger partial charge is 0.480 e. The van der Waals surface area contributed by atoms with Gasteiger partial charge in [-0.1, -0.05) is 0 Å². The van der Waals surface area contributed by atoms with Crippen molar-refractivity contribution in [2.24, 2.45) is 0 Å².